The number of ether oxygens (including phenoxy) is 1. The fraction of sp³-hybridized carbons (Fsp3) is 0.200. The first-order valence-corrected chi connectivity index (χ1v) is 15.5. The number of rotatable bonds is 6. The predicted octanol–water partition coefficient (Wildman–Crippen LogP) is 9.90. The van der Waals surface area contributed by atoms with Crippen LogP contribution in [0.4, 0.5) is 0 Å². The zero-order valence-corrected chi connectivity index (χ0v) is 28.5. The van der Waals surface area contributed by atoms with Gasteiger partial charge in [0.25, 0.3) is 0 Å². The van der Waals surface area contributed by atoms with Crippen LogP contribution in [0.3, 0.4) is 0 Å². The van der Waals surface area contributed by atoms with E-state index in [-0.39, 0.29) is 25.8 Å². The molecule has 0 aliphatic heterocycles. The van der Waals surface area contributed by atoms with Gasteiger partial charge in [0, 0.05) is 34.5 Å². The molecule has 0 aliphatic carbocycles. The van der Waals surface area contributed by atoms with Gasteiger partial charge < -0.3 is 9.30 Å². The maximum Gasteiger partial charge on any atom is 2.00 e. The number of pyridine rings is 1. The van der Waals surface area contributed by atoms with Gasteiger partial charge in [0.05, 0.1) is 5.69 Å². The van der Waals surface area contributed by atoms with Crippen LogP contribution in [0.25, 0.3) is 44.4 Å². The first-order valence-electron chi connectivity index (χ1n) is 15.5. The van der Waals surface area contributed by atoms with Crippen LogP contribution in [-0.4, -0.2) is 19.3 Å². The number of fused-ring (bicyclic) bond motifs is 3. The van der Waals surface area contributed by atoms with Crippen LogP contribution in [0, 0.1) is 26.0 Å². The minimum absolute atomic E-state index is 0. The Kier molecular flexibility index (Phi) is 8.46. The van der Waals surface area contributed by atoms with E-state index in [9.17, 15) is 0 Å². The monoisotopic (exact) mass is 694 g/mol. The molecule has 0 aliphatic rings. The summed E-state index contributed by atoms with van der Waals surface area (Å²) in [5.74, 6) is 2.11. The van der Waals surface area contributed by atoms with Crippen LogP contribution in [0.15, 0.2) is 97.2 Å². The molecular weight excluding hydrogens is 659 g/mol. The zero-order valence-electron chi connectivity index (χ0n) is 27.0. The van der Waals surface area contributed by atoms with E-state index in [2.05, 4.69) is 137 Å². The number of para-hydroxylation sites is 1. The summed E-state index contributed by atoms with van der Waals surface area (Å²) in [7, 11) is 0. The smallest absolute Gasteiger partial charge is 0.509 e. The largest absolute Gasteiger partial charge is 2.00 e. The van der Waals surface area contributed by atoms with Crippen LogP contribution < -0.4 is 4.74 Å². The molecule has 6 heteroatoms. The van der Waals surface area contributed by atoms with Crippen LogP contribution in [0.2, 0.25) is 0 Å². The second-order valence-electron chi connectivity index (χ2n) is 12.6. The van der Waals surface area contributed by atoms with Gasteiger partial charge in [-0.25, -0.2) is 4.98 Å². The minimum atomic E-state index is -0.115. The van der Waals surface area contributed by atoms with Gasteiger partial charge in [-0.15, -0.1) is 41.3 Å². The Balaban J connectivity index is 0.00000372. The Bertz CT molecular complexity index is 2190. The van der Waals surface area contributed by atoms with E-state index in [1.807, 2.05) is 23.0 Å². The molecule has 0 unspecified atom stereocenters. The quantitative estimate of drug-likeness (QED) is 0.129. The Morgan fingerprint density at radius 2 is 1.57 bits per heavy atom. The summed E-state index contributed by atoms with van der Waals surface area (Å²) >= 11 is 0. The molecule has 0 radical (unpaired) electrons. The van der Waals surface area contributed by atoms with Crippen LogP contribution in [0.5, 0.6) is 11.5 Å². The summed E-state index contributed by atoms with van der Waals surface area (Å²) in [6.07, 6.45) is 2.82. The molecule has 0 saturated carbocycles. The summed E-state index contributed by atoms with van der Waals surface area (Å²) in [4.78, 5) is 4.75. The first kappa shape index (κ1) is 31.5. The fourth-order valence-electron chi connectivity index (χ4n) is 6.12. The van der Waals surface area contributed by atoms with E-state index in [0.717, 1.165) is 67.8 Å². The SMILES string of the molecule is CCc1ccnc(-n2c3[c-]c(Oc4[c-]c(-n5nc(C)c(-c6ccccc6)c5C)cc(C(C)(C)C)c4)ccc3c3ccccc32)c1.[Pd+2]. The summed E-state index contributed by atoms with van der Waals surface area (Å²) < 4.78 is 10.8. The summed E-state index contributed by atoms with van der Waals surface area (Å²) in [5, 5.41) is 7.22. The number of hydrogen-bond donors (Lipinski definition) is 0. The molecular formula is C40H36N4OPd. The molecule has 7 aromatic rings. The third-order valence-electron chi connectivity index (χ3n) is 8.50. The van der Waals surface area contributed by atoms with Crippen LogP contribution in [0.1, 0.15) is 50.2 Å². The molecule has 0 bridgehead atoms. The molecule has 3 aromatic heterocycles. The van der Waals surface area contributed by atoms with Gasteiger partial charge in [0.1, 0.15) is 5.82 Å². The molecule has 0 amide bonds. The molecule has 46 heavy (non-hydrogen) atoms. The average Bonchev–Trinajstić information content (AvgIpc) is 3.53. The van der Waals surface area contributed by atoms with Crippen molar-refractivity contribution < 1.29 is 25.2 Å². The van der Waals surface area contributed by atoms with Gasteiger partial charge in [-0.05, 0) is 66.1 Å². The second-order valence-corrected chi connectivity index (χ2v) is 12.6. The predicted molar refractivity (Wildman–Crippen MR) is 183 cm³/mol. The first-order chi connectivity index (χ1) is 21.7. The summed E-state index contributed by atoms with van der Waals surface area (Å²) in [6, 6.07) is 38.5. The zero-order chi connectivity index (χ0) is 31.3. The minimum Gasteiger partial charge on any atom is -0.509 e. The number of benzene rings is 4. The number of aryl methyl sites for hydroxylation is 2. The molecule has 0 atom stereocenters. The van der Waals surface area contributed by atoms with E-state index in [0.29, 0.717) is 11.5 Å². The van der Waals surface area contributed by atoms with Crippen molar-refractivity contribution >= 4 is 21.8 Å². The van der Waals surface area contributed by atoms with E-state index in [1.165, 1.54) is 5.56 Å². The molecule has 0 N–H and O–H groups in total. The molecule has 3 heterocycles. The van der Waals surface area contributed by atoms with Gasteiger partial charge in [-0.1, -0.05) is 81.7 Å². The van der Waals surface area contributed by atoms with Crippen molar-refractivity contribution in [2.75, 3.05) is 0 Å². The molecule has 4 aromatic carbocycles. The third-order valence-corrected chi connectivity index (χ3v) is 8.50. The van der Waals surface area contributed by atoms with Gasteiger partial charge >= 0.3 is 20.4 Å². The van der Waals surface area contributed by atoms with Gasteiger partial charge in [-0.2, -0.15) is 11.2 Å². The van der Waals surface area contributed by atoms with Crippen molar-refractivity contribution in [3.63, 3.8) is 0 Å². The van der Waals surface area contributed by atoms with Gasteiger partial charge in [0.2, 0.25) is 0 Å². The van der Waals surface area contributed by atoms with Crippen LogP contribution in [-0.2, 0) is 32.3 Å². The van der Waals surface area contributed by atoms with Gasteiger partial charge in [-0.3, -0.25) is 4.68 Å². The molecule has 232 valence electrons. The van der Waals surface area contributed by atoms with Crippen molar-refractivity contribution in [1.29, 1.82) is 0 Å². The van der Waals surface area contributed by atoms with Gasteiger partial charge in [0.15, 0.2) is 0 Å². The van der Waals surface area contributed by atoms with E-state index in [1.54, 1.807) is 0 Å². The van der Waals surface area contributed by atoms with E-state index in [4.69, 9.17) is 14.8 Å². The maximum atomic E-state index is 6.59. The Morgan fingerprint density at radius 3 is 2.33 bits per heavy atom. The summed E-state index contributed by atoms with van der Waals surface area (Å²) in [6.45, 7) is 13.0. The molecule has 5 nitrogen and oxygen atoms in total. The summed E-state index contributed by atoms with van der Waals surface area (Å²) in [5.41, 5.74) is 9.44. The normalized spacial score (nSPS) is 11.6. The third kappa shape index (κ3) is 5.68. The van der Waals surface area contributed by atoms with E-state index < -0.39 is 0 Å². The molecule has 0 saturated heterocycles. The molecule has 0 fully saturated rings. The van der Waals surface area contributed by atoms with Crippen molar-refractivity contribution in [3.05, 3.63) is 132 Å². The standard InChI is InChI=1S/C40H36N4O.Pd/c1-7-28-19-20-41-38(21-28)43-36-16-12-11-15-34(36)35-18-17-32(25-37(35)43)45-33-23-30(40(4,5)6)22-31(24-33)44-27(3)39(26(2)42-44)29-13-9-8-10-14-29;/h8-23H,7H2,1-6H3;/q-2;+2. The second kappa shape index (κ2) is 12.4. The van der Waals surface area contributed by atoms with Crippen molar-refractivity contribution in [3.8, 4) is 34.1 Å². The average molecular weight is 695 g/mol. The topological polar surface area (TPSA) is 44.9 Å². The van der Waals surface area contributed by atoms with E-state index >= 15 is 0 Å². The Hall–Kier alpha value is -4.50. The van der Waals surface area contributed by atoms with Crippen molar-refractivity contribution in [2.45, 2.75) is 53.4 Å². The molecule has 7 rings (SSSR count). The Labute approximate surface area is 284 Å². The fourth-order valence-corrected chi connectivity index (χ4v) is 6.12. The number of nitrogens with zero attached hydrogens (tertiary/aromatic N) is 4. The van der Waals surface area contributed by atoms with Crippen molar-refractivity contribution in [2.24, 2.45) is 0 Å². The Morgan fingerprint density at radius 1 is 0.804 bits per heavy atom. The van der Waals surface area contributed by atoms with Crippen molar-refractivity contribution in [1.82, 2.24) is 19.3 Å². The maximum absolute atomic E-state index is 6.59. The number of hydrogen-bond acceptors (Lipinski definition) is 3. The molecule has 0 spiro atoms. The number of aromatic nitrogens is 4. The van der Waals surface area contributed by atoms with Crippen LogP contribution >= 0.6 is 0 Å².